The van der Waals surface area contributed by atoms with Crippen molar-refractivity contribution < 1.29 is 19.0 Å². The Morgan fingerprint density at radius 3 is 2.42 bits per heavy atom. The van der Waals surface area contributed by atoms with Gasteiger partial charge in [-0.3, -0.25) is 9.79 Å². The fraction of sp³-hybridized carbons (Fsp3) is 0.556. The van der Waals surface area contributed by atoms with Crippen LogP contribution >= 0.6 is 24.0 Å². The number of esters is 1. The molecule has 1 aliphatic rings. The number of carbonyl (C=O) groups is 1. The number of nitrogens with one attached hydrogen (secondary N) is 1. The van der Waals surface area contributed by atoms with Gasteiger partial charge in [0.25, 0.3) is 0 Å². The molecule has 0 bridgehead atoms. The standard InChI is InChI=1S/C18H27N3O4.HI/c1-5-19-18(20-8-6-17(22)25-4)21-9-7-13-10-15(23-2)16(24-3)11-14(13)12-21;/h10-11H,5-9,12H2,1-4H3,(H,19,20);1H. The number of rotatable bonds is 6. The van der Waals surface area contributed by atoms with Gasteiger partial charge in [-0.25, -0.2) is 0 Å². The number of hydrogen-bond acceptors (Lipinski definition) is 5. The van der Waals surface area contributed by atoms with E-state index in [-0.39, 0.29) is 36.4 Å². The van der Waals surface area contributed by atoms with Gasteiger partial charge in [-0.15, -0.1) is 24.0 Å². The molecular weight excluding hydrogens is 449 g/mol. The van der Waals surface area contributed by atoms with E-state index in [1.165, 1.54) is 18.2 Å². The number of carbonyl (C=O) groups excluding carboxylic acids is 1. The Morgan fingerprint density at radius 2 is 1.85 bits per heavy atom. The third-order valence-corrected chi connectivity index (χ3v) is 4.16. The Balaban J connectivity index is 0.00000338. The van der Waals surface area contributed by atoms with Crippen LogP contribution in [0.25, 0.3) is 0 Å². The molecule has 7 nitrogen and oxygen atoms in total. The van der Waals surface area contributed by atoms with Crippen molar-refractivity contribution in [2.24, 2.45) is 4.99 Å². The summed E-state index contributed by atoms with van der Waals surface area (Å²) in [5.74, 6) is 2.05. The van der Waals surface area contributed by atoms with E-state index in [4.69, 9.17) is 9.47 Å². The second kappa shape index (κ2) is 11.1. The van der Waals surface area contributed by atoms with Crippen LogP contribution < -0.4 is 14.8 Å². The largest absolute Gasteiger partial charge is 0.493 e. The van der Waals surface area contributed by atoms with Gasteiger partial charge in [-0.1, -0.05) is 0 Å². The minimum Gasteiger partial charge on any atom is -0.493 e. The predicted octanol–water partition coefficient (Wildman–Crippen LogP) is 2.21. The smallest absolute Gasteiger partial charge is 0.307 e. The van der Waals surface area contributed by atoms with Crippen molar-refractivity contribution in [3.05, 3.63) is 23.3 Å². The van der Waals surface area contributed by atoms with Crippen LogP contribution in [0.15, 0.2) is 17.1 Å². The maximum Gasteiger partial charge on any atom is 0.307 e. The van der Waals surface area contributed by atoms with Crippen LogP contribution in [0.1, 0.15) is 24.5 Å². The normalized spacial score (nSPS) is 13.4. The van der Waals surface area contributed by atoms with E-state index in [0.717, 1.165) is 43.5 Å². The number of aliphatic imine (C=N–C) groups is 1. The van der Waals surface area contributed by atoms with Crippen molar-refractivity contribution in [2.45, 2.75) is 26.3 Å². The molecule has 1 N–H and O–H groups in total. The van der Waals surface area contributed by atoms with Crippen molar-refractivity contribution in [3.8, 4) is 11.5 Å². The van der Waals surface area contributed by atoms with E-state index in [2.05, 4.69) is 19.9 Å². The van der Waals surface area contributed by atoms with Crippen molar-refractivity contribution in [3.63, 3.8) is 0 Å². The molecule has 1 aromatic rings. The molecule has 0 amide bonds. The van der Waals surface area contributed by atoms with Crippen LogP contribution in [0.5, 0.6) is 11.5 Å². The zero-order valence-corrected chi connectivity index (χ0v) is 18.2. The van der Waals surface area contributed by atoms with Gasteiger partial charge in [0.1, 0.15) is 0 Å². The molecule has 1 aliphatic heterocycles. The lowest BCUT2D eigenvalue weighted by Gasteiger charge is -2.32. The number of fused-ring (bicyclic) bond motifs is 1. The van der Waals surface area contributed by atoms with Crippen molar-refractivity contribution in [2.75, 3.05) is 41.0 Å². The fourth-order valence-corrected chi connectivity index (χ4v) is 2.84. The topological polar surface area (TPSA) is 72.4 Å². The number of guanidine groups is 1. The maximum atomic E-state index is 11.3. The van der Waals surface area contributed by atoms with Crippen LogP contribution in [0.2, 0.25) is 0 Å². The number of methoxy groups -OCH3 is 3. The summed E-state index contributed by atoms with van der Waals surface area (Å²) in [6.07, 6.45) is 1.18. The third-order valence-electron chi connectivity index (χ3n) is 4.16. The van der Waals surface area contributed by atoms with Crippen LogP contribution in [-0.2, 0) is 22.5 Å². The number of ether oxygens (including phenoxy) is 3. The Kier molecular flexibility index (Phi) is 9.53. The highest BCUT2D eigenvalue weighted by molar-refractivity contribution is 14.0. The highest BCUT2D eigenvalue weighted by Gasteiger charge is 2.21. The average Bonchev–Trinajstić information content (AvgIpc) is 2.65. The summed E-state index contributed by atoms with van der Waals surface area (Å²) in [7, 11) is 4.68. The molecule has 2 rings (SSSR count). The third kappa shape index (κ3) is 5.65. The molecule has 0 aliphatic carbocycles. The molecule has 0 aromatic heterocycles. The molecule has 0 radical (unpaired) electrons. The molecule has 1 aromatic carbocycles. The van der Waals surface area contributed by atoms with Gasteiger partial charge >= 0.3 is 5.97 Å². The zero-order valence-electron chi connectivity index (χ0n) is 15.8. The minimum atomic E-state index is -0.250. The molecule has 146 valence electrons. The average molecular weight is 477 g/mol. The molecule has 26 heavy (non-hydrogen) atoms. The Labute approximate surface area is 172 Å². The summed E-state index contributed by atoms with van der Waals surface area (Å²) >= 11 is 0. The van der Waals surface area contributed by atoms with Gasteiger partial charge in [0.2, 0.25) is 0 Å². The molecular formula is C18H28IN3O4. The summed E-state index contributed by atoms with van der Waals surface area (Å²) in [5, 5.41) is 3.29. The van der Waals surface area contributed by atoms with Gasteiger partial charge in [-0.2, -0.15) is 0 Å². The predicted molar refractivity (Wildman–Crippen MR) is 112 cm³/mol. The number of benzene rings is 1. The first-order valence-electron chi connectivity index (χ1n) is 8.46. The van der Waals surface area contributed by atoms with Crippen LogP contribution in [0.3, 0.4) is 0 Å². The molecule has 0 unspecified atom stereocenters. The minimum absolute atomic E-state index is 0. The summed E-state index contributed by atoms with van der Waals surface area (Å²) in [4.78, 5) is 18.0. The number of halogens is 1. The van der Waals surface area contributed by atoms with E-state index in [1.807, 2.05) is 19.1 Å². The zero-order chi connectivity index (χ0) is 18.2. The van der Waals surface area contributed by atoms with E-state index >= 15 is 0 Å². The second-order valence-corrected chi connectivity index (χ2v) is 5.71. The lowest BCUT2D eigenvalue weighted by molar-refractivity contribution is -0.140. The lowest BCUT2D eigenvalue weighted by atomic mass is 9.99. The van der Waals surface area contributed by atoms with Crippen LogP contribution in [0.4, 0.5) is 0 Å². The van der Waals surface area contributed by atoms with Gasteiger partial charge in [0.15, 0.2) is 17.5 Å². The lowest BCUT2D eigenvalue weighted by Crippen LogP contribution is -2.44. The van der Waals surface area contributed by atoms with E-state index in [9.17, 15) is 4.79 Å². The monoisotopic (exact) mass is 477 g/mol. The molecule has 0 fully saturated rings. The van der Waals surface area contributed by atoms with Crippen molar-refractivity contribution in [1.82, 2.24) is 10.2 Å². The first-order valence-corrected chi connectivity index (χ1v) is 8.46. The Bertz CT molecular complexity index is 637. The van der Waals surface area contributed by atoms with Gasteiger partial charge < -0.3 is 24.4 Å². The maximum absolute atomic E-state index is 11.3. The SMILES string of the molecule is CCNC(=NCCC(=O)OC)N1CCc2cc(OC)c(OC)cc2C1.I. The Hall–Kier alpha value is -1.71. The molecule has 0 saturated heterocycles. The molecule has 8 heteroatoms. The number of hydrogen-bond donors (Lipinski definition) is 1. The van der Waals surface area contributed by atoms with Crippen LogP contribution in [-0.4, -0.2) is 57.8 Å². The summed E-state index contributed by atoms with van der Waals surface area (Å²) in [5.41, 5.74) is 2.46. The van der Waals surface area contributed by atoms with Gasteiger partial charge in [0, 0.05) is 19.6 Å². The first kappa shape index (κ1) is 22.3. The van der Waals surface area contributed by atoms with Crippen molar-refractivity contribution >= 4 is 35.9 Å². The Morgan fingerprint density at radius 1 is 1.19 bits per heavy atom. The van der Waals surface area contributed by atoms with E-state index in [0.29, 0.717) is 6.54 Å². The summed E-state index contributed by atoms with van der Waals surface area (Å²) in [6.45, 7) is 4.80. The first-order chi connectivity index (χ1) is 12.1. The van der Waals surface area contributed by atoms with E-state index in [1.54, 1.807) is 14.2 Å². The molecule has 1 heterocycles. The molecule has 0 atom stereocenters. The highest BCUT2D eigenvalue weighted by atomic mass is 127. The number of nitrogens with zero attached hydrogens (tertiary/aromatic N) is 2. The fourth-order valence-electron chi connectivity index (χ4n) is 2.84. The summed E-state index contributed by atoms with van der Waals surface area (Å²) < 4.78 is 15.5. The molecule has 0 spiro atoms. The molecule has 0 saturated carbocycles. The van der Waals surface area contributed by atoms with Gasteiger partial charge in [-0.05, 0) is 36.6 Å². The van der Waals surface area contributed by atoms with Crippen molar-refractivity contribution in [1.29, 1.82) is 0 Å². The van der Waals surface area contributed by atoms with E-state index < -0.39 is 0 Å². The summed E-state index contributed by atoms with van der Waals surface area (Å²) in [6, 6.07) is 4.07. The highest BCUT2D eigenvalue weighted by Crippen LogP contribution is 2.33. The van der Waals surface area contributed by atoms with Crippen LogP contribution in [0, 0.1) is 0 Å². The van der Waals surface area contributed by atoms with Gasteiger partial charge in [0.05, 0.1) is 34.3 Å². The quantitative estimate of drug-likeness (QED) is 0.293. The second-order valence-electron chi connectivity index (χ2n) is 5.71.